The van der Waals surface area contributed by atoms with E-state index in [4.69, 9.17) is 4.52 Å². The van der Waals surface area contributed by atoms with Gasteiger partial charge in [0.05, 0.1) is 4.90 Å². The lowest BCUT2D eigenvalue weighted by atomic mass is 10.1. The Bertz CT molecular complexity index is 1050. The number of carbonyl (C=O) groups excluding carboxylic acids is 1. The molecule has 1 atom stereocenters. The summed E-state index contributed by atoms with van der Waals surface area (Å²) in [5, 5.41) is 8.91. The molecular formula is C18H18N4O5S. The minimum Gasteiger partial charge on any atom is -0.744 e. The van der Waals surface area contributed by atoms with Crippen LogP contribution in [0.25, 0.3) is 0 Å². The van der Waals surface area contributed by atoms with Crippen LogP contribution in [-0.2, 0) is 16.5 Å². The normalized spacial score (nSPS) is 12.4. The fraction of sp³-hybridized carbons (Fsp3) is 0.167. The van der Waals surface area contributed by atoms with Gasteiger partial charge < -0.3 is 9.87 Å². The lowest BCUT2D eigenvalue weighted by molar-refractivity contribution is -0.782. The Hall–Kier alpha value is -3.24. The Morgan fingerprint density at radius 3 is 2.46 bits per heavy atom. The molecule has 0 fully saturated rings. The number of rotatable bonds is 6. The number of aromatic nitrogens is 2. The maximum absolute atomic E-state index is 12.0. The van der Waals surface area contributed by atoms with Crippen molar-refractivity contribution in [3.05, 3.63) is 66.4 Å². The molecule has 1 heterocycles. The average Bonchev–Trinajstić information content (AvgIpc) is 3.11. The van der Waals surface area contributed by atoms with Crippen molar-refractivity contribution in [2.45, 2.75) is 24.3 Å². The summed E-state index contributed by atoms with van der Waals surface area (Å²) in [7, 11) is -4.53. The van der Waals surface area contributed by atoms with Gasteiger partial charge in [-0.25, -0.2) is 13.2 Å². The van der Waals surface area contributed by atoms with E-state index >= 15 is 0 Å². The van der Waals surface area contributed by atoms with Crippen LogP contribution < -0.4 is 15.3 Å². The van der Waals surface area contributed by atoms with Crippen molar-refractivity contribution in [2.24, 2.45) is 0 Å². The fourth-order valence-corrected chi connectivity index (χ4v) is 3.02. The van der Waals surface area contributed by atoms with E-state index in [1.54, 1.807) is 10.9 Å². The Balaban J connectivity index is 1.57. The number of hydrogen-bond donors (Lipinski definition) is 2. The standard InChI is InChI=1S/C18H18N4O5S/c1-13(11-14-5-3-2-4-6-14)22-12-17(27-21-22)20-18(23)19-15-7-9-16(10-8-15)28(24,25)26/h2-10,12-13H,11H2,1H3,(H2-,19,20,21,23,24,25,26). The molecule has 0 radical (unpaired) electrons. The van der Waals surface area contributed by atoms with Crippen LogP contribution in [0.1, 0.15) is 18.5 Å². The number of benzene rings is 2. The first-order valence-corrected chi connectivity index (χ1v) is 9.78. The molecule has 28 heavy (non-hydrogen) atoms. The van der Waals surface area contributed by atoms with Crippen LogP contribution in [0.3, 0.4) is 0 Å². The third kappa shape index (κ3) is 5.15. The SMILES string of the molecule is CC(Cc1ccccc1)[n+]1cc(NC(=O)Nc2ccc(S(=O)(=O)[O-])cc2)on1. The van der Waals surface area contributed by atoms with Gasteiger partial charge in [0.15, 0.2) is 6.04 Å². The van der Waals surface area contributed by atoms with E-state index < -0.39 is 16.1 Å². The molecule has 146 valence electrons. The highest BCUT2D eigenvalue weighted by Gasteiger charge is 2.21. The Morgan fingerprint density at radius 1 is 1.14 bits per heavy atom. The van der Waals surface area contributed by atoms with Crippen LogP contribution >= 0.6 is 0 Å². The molecular weight excluding hydrogens is 384 g/mol. The fourth-order valence-electron chi connectivity index (χ4n) is 2.55. The third-order valence-electron chi connectivity index (χ3n) is 3.95. The number of carbonyl (C=O) groups is 1. The number of hydrogen-bond acceptors (Lipinski definition) is 6. The number of anilines is 2. The van der Waals surface area contributed by atoms with Crippen molar-refractivity contribution >= 4 is 27.7 Å². The van der Waals surface area contributed by atoms with Crippen molar-refractivity contribution in [2.75, 3.05) is 10.6 Å². The predicted octanol–water partition coefficient (Wildman–Crippen LogP) is 2.31. The van der Waals surface area contributed by atoms with Crippen molar-refractivity contribution < 1.29 is 27.0 Å². The van der Waals surface area contributed by atoms with Crippen LogP contribution in [0.5, 0.6) is 0 Å². The number of urea groups is 1. The molecule has 0 spiro atoms. The quantitative estimate of drug-likeness (QED) is 0.481. The zero-order chi connectivity index (χ0) is 20.1. The number of amides is 2. The highest BCUT2D eigenvalue weighted by molar-refractivity contribution is 7.85. The van der Waals surface area contributed by atoms with E-state index in [2.05, 4.69) is 15.9 Å². The van der Waals surface area contributed by atoms with Crippen LogP contribution in [0, 0.1) is 0 Å². The Labute approximate surface area is 161 Å². The van der Waals surface area contributed by atoms with E-state index in [0.29, 0.717) is 5.69 Å². The van der Waals surface area contributed by atoms with Gasteiger partial charge in [-0.3, -0.25) is 9.84 Å². The lowest BCUT2D eigenvalue weighted by Crippen LogP contribution is -2.40. The summed E-state index contributed by atoms with van der Waals surface area (Å²) in [4.78, 5) is 11.7. The first-order chi connectivity index (χ1) is 13.3. The summed E-state index contributed by atoms with van der Waals surface area (Å²) in [6, 6.07) is 14.2. The largest absolute Gasteiger partial charge is 0.744 e. The molecule has 1 unspecified atom stereocenters. The van der Waals surface area contributed by atoms with Crippen LogP contribution in [0.15, 0.2) is 70.2 Å². The summed E-state index contributed by atoms with van der Waals surface area (Å²) in [5.74, 6) is 0.149. The van der Waals surface area contributed by atoms with Gasteiger partial charge in [0, 0.05) is 19.0 Å². The molecule has 3 rings (SSSR count). The molecule has 9 nitrogen and oxygen atoms in total. The van der Waals surface area contributed by atoms with Gasteiger partial charge in [-0.1, -0.05) is 30.3 Å². The van der Waals surface area contributed by atoms with Gasteiger partial charge in [0.1, 0.15) is 10.1 Å². The molecule has 2 amide bonds. The predicted molar refractivity (Wildman–Crippen MR) is 98.6 cm³/mol. The van der Waals surface area contributed by atoms with E-state index in [0.717, 1.165) is 24.1 Å². The van der Waals surface area contributed by atoms with Gasteiger partial charge in [-0.2, -0.15) is 0 Å². The van der Waals surface area contributed by atoms with Gasteiger partial charge in [-0.05, 0) is 34.5 Å². The lowest BCUT2D eigenvalue weighted by Gasteiger charge is -2.08. The summed E-state index contributed by atoms with van der Waals surface area (Å²) in [6.45, 7) is 1.98. The minimum atomic E-state index is -4.53. The maximum atomic E-state index is 12.0. The molecule has 0 saturated heterocycles. The molecule has 2 aromatic carbocycles. The molecule has 0 aliphatic carbocycles. The second-order valence-electron chi connectivity index (χ2n) is 6.14. The highest BCUT2D eigenvalue weighted by atomic mass is 32.2. The van der Waals surface area contributed by atoms with Crippen molar-refractivity contribution in [3.63, 3.8) is 0 Å². The molecule has 0 saturated carbocycles. The first kappa shape index (κ1) is 19.5. The summed E-state index contributed by atoms with van der Waals surface area (Å²) in [5.41, 5.74) is 1.47. The van der Waals surface area contributed by atoms with Crippen LogP contribution in [0.2, 0.25) is 0 Å². The second kappa shape index (κ2) is 8.19. The molecule has 0 aliphatic rings. The monoisotopic (exact) mass is 402 g/mol. The summed E-state index contributed by atoms with van der Waals surface area (Å²) < 4.78 is 39.4. The van der Waals surface area contributed by atoms with Crippen molar-refractivity contribution in [1.82, 2.24) is 5.27 Å². The van der Waals surface area contributed by atoms with Gasteiger partial charge in [0.2, 0.25) is 5.27 Å². The molecule has 0 bridgehead atoms. The Morgan fingerprint density at radius 2 is 1.82 bits per heavy atom. The van der Waals surface area contributed by atoms with E-state index in [1.807, 2.05) is 37.3 Å². The number of nitrogens with one attached hydrogen (secondary N) is 2. The first-order valence-electron chi connectivity index (χ1n) is 8.37. The van der Waals surface area contributed by atoms with E-state index in [1.165, 1.54) is 12.1 Å². The van der Waals surface area contributed by atoms with Crippen LogP contribution in [-0.4, -0.2) is 24.3 Å². The highest BCUT2D eigenvalue weighted by Crippen LogP contribution is 2.14. The summed E-state index contributed by atoms with van der Waals surface area (Å²) >= 11 is 0. The topological polar surface area (TPSA) is 128 Å². The van der Waals surface area contributed by atoms with Crippen molar-refractivity contribution in [3.8, 4) is 0 Å². The van der Waals surface area contributed by atoms with Gasteiger partial charge in [-0.15, -0.1) is 0 Å². The third-order valence-corrected chi connectivity index (χ3v) is 4.80. The Kier molecular flexibility index (Phi) is 5.71. The van der Waals surface area contributed by atoms with Gasteiger partial charge >= 0.3 is 11.9 Å². The van der Waals surface area contributed by atoms with E-state index in [9.17, 15) is 17.8 Å². The molecule has 2 N–H and O–H groups in total. The molecule has 10 heteroatoms. The molecule has 0 aliphatic heterocycles. The van der Waals surface area contributed by atoms with Crippen molar-refractivity contribution in [1.29, 1.82) is 0 Å². The van der Waals surface area contributed by atoms with E-state index in [-0.39, 0.29) is 16.8 Å². The van der Waals surface area contributed by atoms with Crippen LogP contribution in [0.4, 0.5) is 16.4 Å². The molecule has 1 aromatic heterocycles. The molecule has 3 aromatic rings. The smallest absolute Gasteiger partial charge is 0.326 e. The van der Waals surface area contributed by atoms with Gasteiger partial charge in [0.25, 0.3) is 6.20 Å². The zero-order valence-corrected chi connectivity index (χ0v) is 15.7. The summed E-state index contributed by atoms with van der Waals surface area (Å²) in [6.07, 6.45) is 2.32. The minimum absolute atomic E-state index is 0.0198. The second-order valence-corrected chi connectivity index (χ2v) is 7.52. The number of nitrogens with zero attached hydrogens (tertiary/aromatic N) is 2. The maximum Gasteiger partial charge on any atom is 0.326 e. The zero-order valence-electron chi connectivity index (χ0n) is 14.9. The average molecular weight is 402 g/mol.